The van der Waals surface area contributed by atoms with Gasteiger partial charge in [-0.2, -0.15) is 0 Å². The number of ether oxygens (including phenoxy) is 2. The molecule has 0 amide bonds. The summed E-state index contributed by atoms with van der Waals surface area (Å²) in [6.07, 6.45) is 4.04. The maximum absolute atomic E-state index is 5.53. The summed E-state index contributed by atoms with van der Waals surface area (Å²) in [5.41, 5.74) is 7.95. The second kappa shape index (κ2) is 7.64. The normalized spacial score (nSPS) is 10.5. The van der Waals surface area contributed by atoms with Crippen molar-refractivity contribution in [3.05, 3.63) is 21.7 Å². The van der Waals surface area contributed by atoms with E-state index in [0.29, 0.717) is 0 Å². The van der Waals surface area contributed by atoms with Gasteiger partial charge in [0.25, 0.3) is 0 Å². The van der Waals surface area contributed by atoms with Crippen LogP contribution in [-0.4, -0.2) is 20.8 Å². The van der Waals surface area contributed by atoms with Gasteiger partial charge < -0.3 is 15.2 Å². The number of nitrogens with two attached hydrogens (primary N) is 1. The zero-order chi connectivity index (χ0) is 13.5. The molecule has 0 bridgehead atoms. The molecule has 1 aromatic carbocycles. The SMILES string of the molecule is CCc1cc(CCCCN)c(OC)c(Br)c1OC. The van der Waals surface area contributed by atoms with Crippen molar-refractivity contribution in [2.24, 2.45) is 5.73 Å². The van der Waals surface area contributed by atoms with E-state index in [9.17, 15) is 0 Å². The van der Waals surface area contributed by atoms with Crippen LogP contribution in [0.2, 0.25) is 0 Å². The lowest BCUT2D eigenvalue weighted by Crippen LogP contribution is -2.02. The maximum atomic E-state index is 5.53. The van der Waals surface area contributed by atoms with Crippen molar-refractivity contribution >= 4 is 15.9 Å². The molecule has 102 valence electrons. The van der Waals surface area contributed by atoms with E-state index in [1.807, 2.05) is 0 Å². The lowest BCUT2D eigenvalue weighted by molar-refractivity contribution is 0.383. The minimum atomic E-state index is 0.736. The zero-order valence-electron chi connectivity index (χ0n) is 11.4. The average molecular weight is 316 g/mol. The van der Waals surface area contributed by atoms with Crippen LogP contribution >= 0.6 is 15.9 Å². The van der Waals surface area contributed by atoms with Crippen LogP contribution in [-0.2, 0) is 12.8 Å². The third-order valence-electron chi connectivity index (χ3n) is 3.02. The molecule has 0 aliphatic carbocycles. The van der Waals surface area contributed by atoms with Crippen molar-refractivity contribution < 1.29 is 9.47 Å². The minimum absolute atomic E-state index is 0.736. The lowest BCUT2D eigenvalue weighted by Gasteiger charge is -2.17. The van der Waals surface area contributed by atoms with Crippen molar-refractivity contribution in [2.45, 2.75) is 32.6 Å². The Hall–Kier alpha value is -0.740. The first kappa shape index (κ1) is 15.3. The highest BCUT2D eigenvalue weighted by Gasteiger charge is 2.16. The Balaban J connectivity index is 3.11. The Kier molecular flexibility index (Phi) is 6.50. The molecular weight excluding hydrogens is 294 g/mol. The predicted molar refractivity (Wildman–Crippen MR) is 78.6 cm³/mol. The Morgan fingerprint density at radius 2 is 1.72 bits per heavy atom. The second-order valence-corrected chi connectivity index (χ2v) is 4.97. The van der Waals surface area contributed by atoms with E-state index >= 15 is 0 Å². The summed E-state index contributed by atoms with van der Waals surface area (Å²) < 4.78 is 11.8. The van der Waals surface area contributed by atoms with Crippen molar-refractivity contribution in [2.75, 3.05) is 20.8 Å². The summed E-state index contributed by atoms with van der Waals surface area (Å²) in [5, 5.41) is 0. The van der Waals surface area contributed by atoms with Crippen LogP contribution in [0.5, 0.6) is 11.5 Å². The van der Waals surface area contributed by atoms with Crippen LogP contribution < -0.4 is 15.2 Å². The Bertz CT molecular complexity index is 394. The van der Waals surface area contributed by atoms with Crippen LogP contribution in [0.1, 0.15) is 30.9 Å². The molecule has 2 N–H and O–H groups in total. The van der Waals surface area contributed by atoms with Gasteiger partial charge >= 0.3 is 0 Å². The first-order chi connectivity index (χ1) is 8.69. The molecule has 0 aromatic heterocycles. The number of aryl methyl sites for hydroxylation is 2. The number of methoxy groups -OCH3 is 2. The van der Waals surface area contributed by atoms with E-state index in [1.54, 1.807) is 14.2 Å². The van der Waals surface area contributed by atoms with Gasteiger partial charge in [0.1, 0.15) is 16.0 Å². The molecule has 1 aromatic rings. The zero-order valence-corrected chi connectivity index (χ0v) is 13.0. The molecule has 0 aliphatic rings. The third-order valence-corrected chi connectivity index (χ3v) is 3.74. The fraction of sp³-hybridized carbons (Fsp3) is 0.571. The molecule has 0 fully saturated rings. The highest BCUT2D eigenvalue weighted by atomic mass is 79.9. The first-order valence-electron chi connectivity index (χ1n) is 6.31. The molecule has 0 saturated carbocycles. The highest BCUT2D eigenvalue weighted by molar-refractivity contribution is 9.10. The predicted octanol–water partition coefficient (Wildman–Crippen LogP) is 3.31. The quantitative estimate of drug-likeness (QED) is 0.785. The van der Waals surface area contributed by atoms with E-state index in [4.69, 9.17) is 15.2 Å². The smallest absolute Gasteiger partial charge is 0.140 e. The van der Waals surface area contributed by atoms with Gasteiger partial charge in [0.2, 0.25) is 0 Å². The molecule has 1 rings (SSSR count). The molecule has 0 unspecified atom stereocenters. The number of benzene rings is 1. The van der Waals surface area contributed by atoms with Gasteiger partial charge in [-0.3, -0.25) is 0 Å². The number of hydrogen-bond acceptors (Lipinski definition) is 3. The number of hydrogen-bond donors (Lipinski definition) is 1. The number of rotatable bonds is 7. The molecule has 18 heavy (non-hydrogen) atoms. The summed E-state index contributed by atoms with van der Waals surface area (Å²) >= 11 is 3.58. The van der Waals surface area contributed by atoms with E-state index in [-0.39, 0.29) is 0 Å². The standard InChI is InChI=1S/C14H22BrNO2/c1-4-10-9-11(7-5-6-8-16)14(18-3)12(15)13(10)17-2/h9H,4-8,16H2,1-3H3. The molecule has 4 heteroatoms. The first-order valence-corrected chi connectivity index (χ1v) is 7.11. The second-order valence-electron chi connectivity index (χ2n) is 4.17. The van der Waals surface area contributed by atoms with Gasteiger partial charge in [0.05, 0.1) is 14.2 Å². The fourth-order valence-corrected chi connectivity index (χ4v) is 2.91. The van der Waals surface area contributed by atoms with E-state index in [0.717, 1.165) is 48.2 Å². The van der Waals surface area contributed by atoms with Crippen LogP contribution in [0.25, 0.3) is 0 Å². The van der Waals surface area contributed by atoms with Crippen LogP contribution in [0, 0.1) is 0 Å². The van der Waals surface area contributed by atoms with Crippen molar-refractivity contribution in [3.63, 3.8) is 0 Å². The molecule has 0 atom stereocenters. The van der Waals surface area contributed by atoms with Gasteiger partial charge in [-0.25, -0.2) is 0 Å². The summed E-state index contributed by atoms with van der Waals surface area (Å²) in [5.74, 6) is 1.75. The molecular formula is C14H22BrNO2. The summed E-state index contributed by atoms with van der Waals surface area (Å²) in [6.45, 7) is 2.86. The van der Waals surface area contributed by atoms with Gasteiger partial charge in [-0.1, -0.05) is 6.92 Å². The number of halogens is 1. The van der Waals surface area contributed by atoms with Gasteiger partial charge in [0.15, 0.2) is 0 Å². The van der Waals surface area contributed by atoms with E-state index in [2.05, 4.69) is 28.9 Å². The average Bonchev–Trinajstić information content (AvgIpc) is 2.38. The van der Waals surface area contributed by atoms with Crippen LogP contribution in [0.3, 0.4) is 0 Å². The summed E-state index contributed by atoms with van der Waals surface area (Å²) in [6, 6.07) is 2.18. The lowest BCUT2D eigenvalue weighted by atomic mass is 10.0. The third kappa shape index (κ3) is 3.39. The van der Waals surface area contributed by atoms with E-state index in [1.165, 1.54) is 11.1 Å². The van der Waals surface area contributed by atoms with Crippen molar-refractivity contribution in [3.8, 4) is 11.5 Å². The largest absolute Gasteiger partial charge is 0.495 e. The molecule has 0 saturated heterocycles. The molecule has 0 heterocycles. The van der Waals surface area contributed by atoms with Gasteiger partial charge in [-0.15, -0.1) is 0 Å². The summed E-state index contributed by atoms with van der Waals surface area (Å²) in [4.78, 5) is 0. The van der Waals surface area contributed by atoms with E-state index < -0.39 is 0 Å². The Labute approximate surface area is 118 Å². The van der Waals surface area contributed by atoms with Gasteiger partial charge in [-0.05, 0) is 65.4 Å². The number of unbranched alkanes of at least 4 members (excludes halogenated alkanes) is 1. The monoisotopic (exact) mass is 315 g/mol. The van der Waals surface area contributed by atoms with Crippen LogP contribution in [0.4, 0.5) is 0 Å². The summed E-state index contributed by atoms with van der Waals surface area (Å²) in [7, 11) is 3.38. The fourth-order valence-electron chi connectivity index (χ4n) is 2.08. The maximum Gasteiger partial charge on any atom is 0.140 e. The van der Waals surface area contributed by atoms with Crippen LogP contribution in [0.15, 0.2) is 10.5 Å². The Morgan fingerprint density at radius 3 is 2.22 bits per heavy atom. The Morgan fingerprint density at radius 1 is 1.11 bits per heavy atom. The highest BCUT2D eigenvalue weighted by Crippen LogP contribution is 2.40. The van der Waals surface area contributed by atoms with Gasteiger partial charge in [0, 0.05) is 0 Å². The molecule has 0 spiro atoms. The topological polar surface area (TPSA) is 44.5 Å². The molecule has 0 aliphatic heterocycles. The van der Waals surface area contributed by atoms with Crippen molar-refractivity contribution in [1.29, 1.82) is 0 Å². The minimum Gasteiger partial charge on any atom is -0.495 e. The molecule has 3 nitrogen and oxygen atoms in total. The molecule has 0 radical (unpaired) electrons. The van der Waals surface area contributed by atoms with Crippen molar-refractivity contribution in [1.82, 2.24) is 0 Å².